The van der Waals surface area contributed by atoms with Gasteiger partial charge in [0.2, 0.25) is 0 Å². The van der Waals surface area contributed by atoms with Gasteiger partial charge in [0.05, 0.1) is 0 Å². The van der Waals surface area contributed by atoms with E-state index in [-0.39, 0.29) is 11.3 Å². The summed E-state index contributed by atoms with van der Waals surface area (Å²) in [6.07, 6.45) is 2.41. The molecule has 0 bridgehead atoms. The van der Waals surface area contributed by atoms with Crippen molar-refractivity contribution < 1.29 is 10.4 Å². The number of nitrogens with one attached hydrogen (secondary N) is 1. The van der Waals surface area contributed by atoms with Crippen LogP contribution in [0, 0.1) is 10.1 Å². The molecule has 6 heteroatoms. The second-order valence-corrected chi connectivity index (χ2v) is 1.19. The molecule has 0 aliphatic carbocycles. The summed E-state index contributed by atoms with van der Waals surface area (Å²) in [6.45, 7) is 0. The van der Waals surface area contributed by atoms with Gasteiger partial charge in [-0.3, -0.25) is 0 Å². The van der Waals surface area contributed by atoms with Crippen molar-refractivity contribution in [2.75, 3.05) is 0 Å². The second kappa shape index (κ2) is 2.78. The summed E-state index contributed by atoms with van der Waals surface area (Å²) < 4.78 is 0. The van der Waals surface area contributed by atoms with E-state index in [0.717, 1.165) is 6.20 Å². The first-order chi connectivity index (χ1) is 3.80. The first-order valence-corrected chi connectivity index (χ1v) is 1.93. The zero-order valence-corrected chi connectivity index (χ0v) is 4.37. The van der Waals surface area contributed by atoms with Crippen LogP contribution in [0.1, 0.15) is 0 Å². The maximum atomic E-state index is 9.80. The third-order valence-corrected chi connectivity index (χ3v) is 0.680. The molecule has 9 heavy (non-hydrogen) atoms. The van der Waals surface area contributed by atoms with E-state index >= 15 is 0 Å². The van der Waals surface area contributed by atoms with Crippen LogP contribution in [0.4, 0.5) is 5.82 Å². The number of aromatic nitrogens is 2. The van der Waals surface area contributed by atoms with Crippen molar-refractivity contribution in [3.63, 3.8) is 0 Å². The Morgan fingerprint density at radius 3 is 2.67 bits per heavy atom. The summed E-state index contributed by atoms with van der Waals surface area (Å²) in [5, 5.41) is 9.80. The minimum atomic E-state index is -0.535. The third kappa shape index (κ3) is 1.50. The van der Waals surface area contributed by atoms with Gasteiger partial charge in [-0.25, -0.2) is 9.97 Å². The molecule has 1 rings (SSSR count). The standard InChI is InChI=1S/C3H3N3O2.H2O/c7-6(8)3-1-4-2-5-3;/h1-2H,(H,4,5);1H2. The van der Waals surface area contributed by atoms with Gasteiger partial charge in [0.25, 0.3) is 0 Å². The Morgan fingerprint density at radius 2 is 2.44 bits per heavy atom. The zero-order chi connectivity index (χ0) is 5.98. The van der Waals surface area contributed by atoms with Crippen molar-refractivity contribution in [1.29, 1.82) is 0 Å². The molecule has 0 amide bonds. The van der Waals surface area contributed by atoms with E-state index in [0.29, 0.717) is 0 Å². The highest BCUT2D eigenvalue weighted by Crippen LogP contribution is 1.99. The average Bonchev–Trinajstić information content (AvgIpc) is 2.12. The maximum Gasteiger partial charge on any atom is 0.340 e. The Labute approximate surface area is 50.0 Å². The predicted molar refractivity (Wildman–Crippen MR) is 28.9 cm³/mol. The van der Waals surface area contributed by atoms with Gasteiger partial charge < -0.3 is 15.6 Å². The molecule has 0 fully saturated rings. The van der Waals surface area contributed by atoms with Crippen LogP contribution < -0.4 is 0 Å². The molecular formula is C3H5N3O3. The highest BCUT2D eigenvalue weighted by molar-refractivity contribution is 5.09. The average molecular weight is 131 g/mol. The van der Waals surface area contributed by atoms with Gasteiger partial charge in [-0.2, -0.15) is 0 Å². The smallest absolute Gasteiger partial charge is 0.340 e. The molecule has 50 valence electrons. The van der Waals surface area contributed by atoms with E-state index in [9.17, 15) is 10.1 Å². The third-order valence-electron chi connectivity index (χ3n) is 0.680. The Balaban J connectivity index is 0.000000640. The zero-order valence-electron chi connectivity index (χ0n) is 4.37. The summed E-state index contributed by atoms with van der Waals surface area (Å²) in [4.78, 5) is 15.0. The van der Waals surface area contributed by atoms with Crippen LogP contribution in [-0.2, 0) is 0 Å². The number of hydrogen-bond donors (Lipinski definition) is 1. The van der Waals surface area contributed by atoms with Crippen molar-refractivity contribution >= 4 is 5.82 Å². The van der Waals surface area contributed by atoms with Gasteiger partial charge in [-0.05, 0) is 4.92 Å². The number of H-pyrrole nitrogens is 1. The summed E-state index contributed by atoms with van der Waals surface area (Å²) >= 11 is 0. The van der Waals surface area contributed by atoms with Gasteiger partial charge in [-0.15, -0.1) is 0 Å². The highest BCUT2D eigenvalue weighted by atomic mass is 16.6. The molecule has 1 aromatic heterocycles. The first-order valence-electron chi connectivity index (χ1n) is 1.93. The largest absolute Gasteiger partial charge is 0.412 e. The van der Waals surface area contributed by atoms with Crippen LogP contribution >= 0.6 is 0 Å². The summed E-state index contributed by atoms with van der Waals surface area (Å²) in [5.41, 5.74) is 0. The minimum absolute atomic E-state index is 0. The van der Waals surface area contributed by atoms with Gasteiger partial charge in [0, 0.05) is 0 Å². The molecule has 3 N–H and O–H groups in total. The molecule has 0 saturated heterocycles. The molecule has 0 radical (unpaired) electrons. The molecule has 0 aliphatic rings. The number of nitro groups is 1. The normalized spacial score (nSPS) is 8.00. The number of imidazole rings is 1. The highest BCUT2D eigenvalue weighted by Gasteiger charge is 1.99. The number of aromatic amines is 1. The van der Waals surface area contributed by atoms with E-state index in [1.165, 1.54) is 6.33 Å². The fourth-order valence-electron chi connectivity index (χ4n) is 0.348. The summed E-state index contributed by atoms with van der Waals surface area (Å²) in [6, 6.07) is 0. The molecule has 0 unspecified atom stereocenters. The lowest BCUT2D eigenvalue weighted by Crippen LogP contribution is -1.85. The second-order valence-electron chi connectivity index (χ2n) is 1.19. The quantitative estimate of drug-likeness (QED) is 0.410. The topological polar surface area (TPSA) is 103 Å². The maximum absolute atomic E-state index is 9.80. The van der Waals surface area contributed by atoms with Crippen LogP contribution in [0.2, 0.25) is 0 Å². The lowest BCUT2D eigenvalue weighted by Gasteiger charge is -1.83. The Hall–Kier alpha value is -1.43. The van der Waals surface area contributed by atoms with Crippen LogP contribution in [0.3, 0.4) is 0 Å². The van der Waals surface area contributed by atoms with Gasteiger partial charge in [0.1, 0.15) is 6.20 Å². The molecule has 6 nitrogen and oxygen atoms in total. The van der Waals surface area contributed by atoms with Crippen LogP contribution in [-0.4, -0.2) is 20.4 Å². The van der Waals surface area contributed by atoms with Crippen molar-refractivity contribution in [1.82, 2.24) is 9.97 Å². The first kappa shape index (κ1) is 7.57. The van der Waals surface area contributed by atoms with Gasteiger partial charge in [0.15, 0.2) is 6.33 Å². The van der Waals surface area contributed by atoms with Crippen molar-refractivity contribution in [2.45, 2.75) is 0 Å². The van der Waals surface area contributed by atoms with Crippen molar-refractivity contribution in [3.05, 3.63) is 22.6 Å². The molecular weight excluding hydrogens is 126 g/mol. The van der Waals surface area contributed by atoms with E-state index in [2.05, 4.69) is 9.97 Å². The van der Waals surface area contributed by atoms with E-state index in [4.69, 9.17) is 0 Å². The van der Waals surface area contributed by atoms with Crippen molar-refractivity contribution in [2.24, 2.45) is 0 Å². The fourth-order valence-corrected chi connectivity index (χ4v) is 0.348. The monoisotopic (exact) mass is 131 g/mol. The Morgan fingerprint density at radius 1 is 1.78 bits per heavy atom. The molecule has 0 aliphatic heterocycles. The summed E-state index contributed by atoms with van der Waals surface area (Å²) in [5.74, 6) is -0.0787. The van der Waals surface area contributed by atoms with Crippen LogP contribution in [0.5, 0.6) is 0 Å². The molecule has 0 aromatic carbocycles. The van der Waals surface area contributed by atoms with Crippen LogP contribution in [0.15, 0.2) is 12.5 Å². The number of nitrogens with zero attached hydrogens (tertiary/aromatic N) is 2. The molecule has 1 heterocycles. The van der Waals surface area contributed by atoms with E-state index < -0.39 is 4.92 Å². The molecule has 1 aromatic rings. The lowest BCUT2D eigenvalue weighted by molar-refractivity contribution is -0.389. The van der Waals surface area contributed by atoms with Gasteiger partial charge in [-0.1, -0.05) is 0 Å². The molecule has 0 spiro atoms. The lowest BCUT2D eigenvalue weighted by atomic mass is 10.8. The number of hydrogen-bond acceptors (Lipinski definition) is 3. The number of rotatable bonds is 1. The molecule has 0 atom stereocenters. The molecule has 0 saturated carbocycles. The SMILES string of the molecule is O.O=[N+]([O-])c1cnc[nH]1. The Bertz CT molecular complexity index is 182. The predicted octanol–water partition coefficient (Wildman–Crippen LogP) is -0.507. The fraction of sp³-hybridized carbons (Fsp3) is 0. The summed E-state index contributed by atoms with van der Waals surface area (Å²) in [7, 11) is 0. The van der Waals surface area contributed by atoms with Crippen molar-refractivity contribution in [3.8, 4) is 0 Å². The van der Waals surface area contributed by atoms with E-state index in [1.807, 2.05) is 0 Å². The van der Waals surface area contributed by atoms with Crippen LogP contribution in [0.25, 0.3) is 0 Å². The minimum Gasteiger partial charge on any atom is -0.412 e. The van der Waals surface area contributed by atoms with E-state index in [1.54, 1.807) is 0 Å². The Kier molecular flexibility index (Phi) is 2.33. The van der Waals surface area contributed by atoms with Gasteiger partial charge >= 0.3 is 5.82 Å².